The van der Waals surface area contributed by atoms with Crippen molar-refractivity contribution >= 4 is 16.9 Å². The van der Waals surface area contributed by atoms with E-state index in [1.165, 1.54) is 17.2 Å². The first-order valence-electron chi connectivity index (χ1n) is 9.66. The number of aryl methyl sites for hydroxylation is 4. The molecule has 2 aromatic carbocycles. The number of fused-ring (bicyclic) bond motifs is 1. The average molecular weight is 403 g/mol. The second-order valence-corrected chi connectivity index (χ2v) is 7.30. The number of rotatable bonds is 5. The maximum Gasteiger partial charge on any atom is 0.336 e. The second kappa shape index (κ2) is 7.99. The van der Waals surface area contributed by atoms with Gasteiger partial charge in [-0.25, -0.2) is 9.78 Å². The van der Waals surface area contributed by atoms with E-state index in [1.807, 2.05) is 32.0 Å². The number of esters is 1. The number of nitrogens with zero attached hydrogens (tertiary/aromatic N) is 1. The zero-order valence-electron chi connectivity index (χ0n) is 17.0. The van der Waals surface area contributed by atoms with Crippen LogP contribution in [0.5, 0.6) is 5.75 Å². The minimum Gasteiger partial charge on any atom is -0.441 e. The van der Waals surface area contributed by atoms with Gasteiger partial charge in [0.05, 0.1) is 12.6 Å². The number of oxazole rings is 1. The highest BCUT2D eigenvalue weighted by Gasteiger charge is 2.12. The first kappa shape index (κ1) is 19.6. The van der Waals surface area contributed by atoms with Crippen molar-refractivity contribution in [2.45, 2.75) is 33.6 Å². The van der Waals surface area contributed by atoms with Crippen molar-refractivity contribution in [3.63, 3.8) is 0 Å². The minimum absolute atomic E-state index is 0.114. The summed E-state index contributed by atoms with van der Waals surface area (Å²) in [6, 6.07) is 12.5. The van der Waals surface area contributed by atoms with E-state index in [1.54, 1.807) is 24.4 Å². The van der Waals surface area contributed by atoms with Gasteiger partial charge in [-0.05, 0) is 55.7 Å². The molecule has 6 nitrogen and oxygen atoms in total. The van der Waals surface area contributed by atoms with Crippen molar-refractivity contribution in [1.82, 2.24) is 4.98 Å². The van der Waals surface area contributed by atoms with Crippen LogP contribution in [0.1, 0.15) is 29.0 Å². The third-order valence-corrected chi connectivity index (χ3v) is 5.04. The first-order chi connectivity index (χ1) is 14.4. The number of benzene rings is 2. The third-order valence-electron chi connectivity index (χ3n) is 5.04. The summed E-state index contributed by atoms with van der Waals surface area (Å²) in [5, 5.41) is 0.799. The van der Waals surface area contributed by atoms with Crippen LogP contribution in [-0.4, -0.2) is 11.0 Å². The van der Waals surface area contributed by atoms with E-state index in [-0.39, 0.29) is 6.42 Å². The largest absolute Gasteiger partial charge is 0.441 e. The zero-order chi connectivity index (χ0) is 21.3. The van der Waals surface area contributed by atoms with Crippen LogP contribution < -0.4 is 10.4 Å². The predicted molar refractivity (Wildman–Crippen MR) is 113 cm³/mol. The van der Waals surface area contributed by atoms with Crippen molar-refractivity contribution in [3.8, 4) is 17.1 Å². The lowest BCUT2D eigenvalue weighted by atomic mass is 10.1. The highest BCUT2D eigenvalue weighted by atomic mass is 16.5. The van der Waals surface area contributed by atoms with E-state index in [0.717, 1.165) is 16.5 Å². The number of carbonyl (C=O) groups is 1. The van der Waals surface area contributed by atoms with Crippen molar-refractivity contribution in [3.05, 3.63) is 81.7 Å². The smallest absolute Gasteiger partial charge is 0.336 e. The van der Waals surface area contributed by atoms with Gasteiger partial charge in [0.2, 0.25) is 0 Å². The molecule has 0 aliphatic heterocycles. The molecule has 30 heavy (non-hydrogen) atoms. The summed E-state index contributed by atoms with van der Waals surface area (Å²) in [4.78, 5) is 28.0. The molecule has 0 unspecified atom stereocenters. The van der Waals surface area contributed by atoms with Crippen LogP contribution in [0.25, 0.3) is 22.3 Å². The van der Waals surface area contributed by atoms with Gasteiger partial charge in [0.15, 0.2) is 11.7 Å². The second-order valence-electron chi connectivity index (χ2n) is 7.30. The van der Waals surface area contributed by atoms with Crippen LogP contribution in [0.3, 0.4) is 0 Å². The molecule has 0 saturated carbocycles. The molecule has 6 heteroatoms. The van der Waals surface area contributed by atoms with Gasteiger partial charge in [-0.3, -0.25) is 4.79 Å². The molecule has 2 aromatic heterocycles. The van der Waals surface area contributed by atoms with E-state index in [0.29, 0.717) is 29.4 Å². The fourth-order valence-electron chi connectivity index (χ4n) is 3.21. The lowest BCUT2D eigenvalue weighted by Gasteiger charge is -2.05. The highest BCUT2D eigenvalue weighted by molar-refractivity contribution is 5.82. The molecule has 0 spiro atoms. The Kier molecular flexibility index (Phi) is 5.23. The number of carbonyl (C=O) groups excluding carboxylic acids is 1. The van der Waals surface area contributed by atoms with Crippen molar-refractivity contribution < 1.29 is 18.4 Å². The van der Waals surface area contributed by atoms with Crippen LogP contribution in [-0.2, 0) is 11.2 Å². The molecule has 0 fully saturated rings. The lowest BCUT2D eigenvalue weighted by Crippen LogP contribution is -2.09. The molecule has 4 rings (SSSR count). The van der Waals surface area contributed by atoms with E-state index in [4.69, 9.17) is 13.6 Å². The number of hydrogen-bond donors (Lipinski definition) is 0. The van der Waals surface area contributed by atoms with Crippen LogP contribution in [0.2, 0.25) is 0 Å². The Morgan fingerprint density at radius 1 is 0.967 bits per heavy atom. The fraction of sp³-hybridized carbons (Fsp3) is 0.208. The summed E-state index contributed by atoms with van der Waals surface area (Å²) in [6.45, 7) is 5.93. The van der Waals surface area contributed by atoms with Gasteiger partial charge < -0.3 is 13.6 Å². The Balaban J connectivity index is 1.40. The standard InChI is InChI=1S/C24H21NO5/c1-14-4-5-17(10-15(14)2)21-13-25-22(29-21)8-9-23(26)28-18-6-7-19-16(3)11-24(27)30-20(19)12-18/h4-7,10-13H,8-9H2,1-3H3. The first-order valence-corrected chi connectivity index (χ1v) is 9.66. The van der Waals surface area contributed by atoms with Crippen molar-refractivity contribution in [2.75, 3.05) is 0 Å². The van der Waals surface area contributed by atoms with Crippen LogP contribution in [0.15, 0.2) is 62.3 Å². The molecule has 0 bridgehead atoms. The molecule has 152 valence electrons. The topological polar surface area (TPSA) is 82.5 Å². The van der Waals surface area contributed by atoms with Gasteiger partial charge in [-0.1, -0.05) is 12.1 Å². The molecule has 2 heterocycles. The van der Waals surface area contributed by atoms with E-state index >= 15 is 0 Å². The van der Waals surface area contributed by atoms with Crippen molar-refractivity contribution in [2.24, 2.45) is 0 Å². The minimum atomic E-state index is -0.438. The molecule has 0 saturated heterocycles. The Labute approximate surface area is 173 Å². The monoisotopic (exact) mass is 403 g/mol. The van der Waals surface area contributed by atoms with E-state index < -0.39 is 11.6 Å². The third kappa shape index (κ3) is 4.17. The normalized spacial score (nSPS) is 11.0. The number of aromatic nitrogens is 1. The summed E-state index contributed by atoms with van der Waals surface area (Å²) >= 11 is 0. The van der Waals surface area contributed by atoms with Crippen LogP contribution in [0, 0.1) is 20.8 Å². The molecular formula is C24H21NO5. The quantitative estimate of drug-likeness (QED) is 0.267. The molecular weight excluding hydrogens is 382 g/mol. The Bertz CT molecular complexity index is 1300. The summed E-state index contributed by atoms with van der Waals surface area (Å²) in [6.07, 6.45) is 2.10. The average Bonchev–Trinajstić information content (AvgIpc) is 3.17. The van der Waals surface area contributed by atoms with Crippen LogP contribution >= 0.6 is 0 Å². The Morgan fingerprint density at radius 3 is 2.60 bits per heavy atom. The van der Waals surface area contributed by atoms with Gasteiger partial charge >= 0.3 is 11.6 Å². The SMILES string of the molecule is Cc1ccc(-c2cnc(CCC(=O)Oc3ccc4c(C)cc(=O)oc4c3)o2)cc1C. The van der Waals surface area contributed by atoms with Crippen LogP contribution in [0.4, 0.5) is 0 Å². The molecule has 4 aromatic rings. The summed E-state index contributed by atoms with van der Waals surface area (Å²) in [7, 11) is 0. The maximum atomic E-state index is 12.2. The van der Waals surface area contributed by atoms with Gasteiger partial charge in [0, 0.05) is 29.5 Å². The molecule has 0 N–H and O–H groups in total. The molecule has 0 aliphatic rings. The molecule has 0 radical (unpaired) electrons. The molecule has 0 amide bonds. The zero-order valence-corrected chi connectivity index (χ0v) is 17.0. The predicted octanol–water partition coefficient (Wildman–Crippen LogP) is 4.91. The van der Waals surface area contributed by atoms with Gasteiger partial charge in [0.1, 0.15) is 11.3 Å². The van der Waals surface area contributed by atoms with Gasteiger partial charge in [-0.15, -0.1) is 0 Å². The number of ether oxygens (including phenoxy) is 1. The summed E-state index contributed by atoms with van der Waals surface area (Å²) < 4.78 is 16.3. The molecule has 0 atom stereocenters. The van der Waals surface area contributed by atoms with E-state index in [9.17, 15) is 9.59 Å². The number of hydrogen-bond acceptors (Lipinski definition) is 6. The Hall–Kier alpha value is -3.67. The molecule has 0 aliphatic carbocycles. The summed E-state index contributed by atoms with van der Waals surface area (Å²) in [5.41, 5.74) is 4.10. The summed E-state index contributed by atoms with van der Waals surface area (Å²) in [5.74, 6) is 1.04. The van der Waals surface area contributed by atoms with E-state index in [2.05, 4.69) is 11.9 Å². The fourth-order valence-corrected chi connectivity index (χ4v) is 3.21. The van der Waals surface area contributed by atoms with Gasteiger partial charge in [0.25, 0.3) is 0 Å². The van der Waals surface area contributed by atoms with Gasteiger partial charge in [-0.2, -0.15) is 0 Å². The maximum absolute atomic E-state index is 12.2. The highest BCUT2D eigenvalue weighted by Crippen LogP contribution is 2.24. The Morgan fingerprint density at radius 2 is 1.80 bits per heavy atom. The van der Waals surface area contributed by atoms with Crippen molar-refractivity contribution in [1.29, 1.82) is 0 Å². The lowest BCUT2D eigenvalue weighted by molar-refractivity contribution is -0.134.